The van der Waals surface area contributed by atoms with Crippen LogP contribution in [0.5, 0.6) is 0 Å². The standard InChI is InChI=1S/C23H22FN5/c24-21-19-11-5-4-7-16(19)12-13-20(21)22(18-10-6-14-25-15-18)29-27-23(26-28-29)17-8-2-1-3-9-17/h1-5,7-9,11-13,18,22,25H,6,10,14-15H2/t18-,22-/m0/s1. The van der Waals surface area contributed by atoms with Gasteiger partial charge in [-0.3, -0.25) is 0 Å². The summed E-state index contributed by atoms with van der Waals surface area (Å²) in [4.78, 5) is 1.60. The second kappa shape index (κ2) is 7.72. The van der Waals surface area contributed by atoms with Crippen LogP contribution in [0.25, 0.3) is 22.2 Å². The van der Waals surface area contributed by atoms with E-state index >= 15 is 4.39 Å². The Morgan fingerprint density at radius 1 is 1.00 bits per heavy atom. The molecule has 29 heavy (non-hydrogen) atoms. The van der Waals surface area contributed by atoms with Gasteiger partial charge in [-0.05, 0) is 35.9 Å². The van der Waals surface area contributed by atoms with E-state index in [1.807, 2.05) is 66.7 Å². The van der Waals surface area contributed by atoms with Gasteiger partial charge in [0.1, 0.15) is 11.9 Å². The normalized spacial score (nSPS) is 18.0. The van der Waals surface area contributed by atoms with Gasteiger partial charge in [0.05, 0.1) is 0 Å². The summed E-state index contributed by atoms with van der Waals surface area (Å²) in [5.74, 6) is 0.551. The van der Waals surface area contributed by atoms with Crippen LogP contribution in [0.3, 0.4) is 0 Å². The first kappa shape index (κ1) is 17.9. The Labute approximate surface area is 168 Å². The van der Waals surface area contributed by atoms with Crippen LogP contribution in [0.4, 0.5) is 4.39 Å². The Morgan fingerprint density at radius 3 is 2.66 bits per heavy atom. The van der Waals surface area contributed by atoms with E-state index in [1.54, 1.807) is 4.80 Å². The van der Waals surface area contributed by atoms with Gasteiger partial charge in [0.15, 0.2) is 0 Å². The van der Waals surface area contributed by atoms with Gasteiger partial charge in [-0.25, -0.2) is 4.39 Å². The maximum absolute atomic E-state index is 15.6. The number of rotatable bonds is 4. The van der Waals surface area contributed by atoms with Crippen LogP contribution in [0, 0.1) is 11.7 Å². The zero-order chi connectivity index (χ0) is 19.6. The van der Waals surface area contributed by atoms with E-state index in [4.69, 9.17) is 0 Å². The van der Waals surface area contributed by atoms with E-state index in [1.165, 1.54) is 0 Å². The maximum Gasteiger partial charge on any atom is 0.204 e. The van der Waals surface area contributed by atoms with Gasteiger partial charge in [-0.15, -0.1) is 10.2 Å². The van der Waals surface area contributed by atoms with Crippen molar-refractivity contribution in [1.29, 1.82) is 0 Å². The molecule has 2 heterocycles. The minimum Gasteiger partial charge on any atom is -0.316 e. The molecule has 1 fully saturated rings. The number of aromatic nitrogens is 4. The molecule has 0 bridgehead atoms. The SMILES string of the molecule is Fc1c([C@H]([C@H]2CCCNC2)n2nnc(-c3ccccc3)n2)ccc2ccccc12. The summed E-state index contributed by atoms with van der Waals surface area (Å²) in [6.45, 7) is 1.79. The molecule has 0 unspecified atom stereocenters. The Bertz CT molecular complexity index is 1120. The number of hydrogen-bond acceptors (Lipinski definition) is 4. The van der Waals surface area contributed by atoms with Crippen LogP contribution in [0.2, 0.25) is 0 Å². The second-order valence-electron chi connectivity index (χ2n) is 7.54. The fourth-order valence-corrected chi connectivity index (χ4v) is 4.24. The Balaban J connectivity index is 1.61. The number of halogens is 1. The number of benzene rings is 3. The van der Waals surface area contributed by atoms with Crippen molar-refractivity contribution in [3.8, 4) is 11.4 Å². The molecule has 1 aliphatic rings. The molecule has 1 aromatic heterocycles. The van der Waals surface area contributed by atoms with Gasteiger partial charge in [0.2, 0.25) is 5.82 Å². The molecule has 4 aromatic rings. The number of nitrogens with one attached hydrogen (secondary N) is 1. The van der Waals surface area contributed by atoms with Crippen molar-refractivity contribution in [2.75, 3.05) is 13.1 Å². The molecule has 0 saturated carbocycles. The molecule has 2 atom stereocenters. The predicted octanol–water partition coefficient (Wildman–Crippen LogP) is 4.22. The highest BCUT2D eigenvalue weighted by molar-refractivity contribution is 5.83. The van der Waals surface area contributed by atoms with Crippen molar-refractivity contribution in [1.82, 2.24) is 25.5 Å². The molecule has 1 saturated heterocycles. The molecule has 1 N–H and O–H groups in total. The molecule has 0 spiro atoms. The lowest BCUT2D eigenvalue weighted by atomic mass is 9.86. The van der Waals surface area contributed by atoms with Crippen LogP contribution >= 0.6 is 0 Å². The van der Waals surface area contributed by atoms with Crippen molar-refractivity contribution >= 4 is 10.8 Å². The third-order valence-electron chi connectivity index (χ3n) is 5.70. The van der Waals surface area contributed by atoms with E-state index in [0.29, 0.717) is 16.8 Å². The third kappa shape index (κ3) is 3.40. The minimum atomic E-state index is -0.308. The molecule has 0 radical (unpaired) electrons. The molecule has 5 nitrogen and oxygen atoms in total. The first-order valence-electron chi connectivity index (χ1n) is 10.0. The highest BCUT2D eigenvalue weighted by atomic mass is 19.1. The summed E-state index contributed by atoms with van der Waals surface area (Å²) >= 11 is 0. The largest absolute Gasteiger partial charge is 0.316 e. The van der Waals surface area contributed by atoms with Gasteiger partial charge in [0, 0.05) is 23.1 Å². The summed E-state index contributed by atoms with van der Waals surface area (Å²) in [5.41, 5.74) is 1.52. The molecule has 6 heteroatoms. The van der Waals surface area contributed by atoms with Gasteiger partial charge >= 0.3 is 0 Å². The number of fused-ring (bicyclic) bond motifs is 1. The lowest BCUT2D eigenvalue weighted by Gasteiger charge is -2.30. The Hall–Kier alpha value is -3.12. The zero-order valence-electron chi connectivity index (χ0n) is 16.0. The second-order valence-corrected chi connectivity index (χ2v) is 7.54. The fourth-order valence-electron chi connectivity index (χ4n) is 4.24. The van der Waals surface area contributed by atoms with Crippen LogP contribution in [-0.2, 0) is 0 Å². The van der Waals surface area contributed by atoms with Crippen LogP contribution in [0.1, 0.15) is 24.4 Å². The van der Waals surface area contributed by atoms with Crippen LogP contribution < -0.4 is 5.32 Å². The first-order valence-corrected chi connectivity index (χ1v) is 10.0. The Morgan fingerprint density at radius 2 is 1.83 bits per heavy atom. The number of tetrazole rings is 1. The molecule has 0 aliphatic carbocycles. The smallest absolute Gasteiger partial charge is 0.204 e. The molecule has 146 valence electrons. The lowest BCUT2D eigenvalue weighted by molar-refractivity contribution is 0.257. The van der Waals surface area contributed by atoms with Crippen molar-refractivity contribution in [3.05, 3.63) is 78.1 Å². The first-order chi connectivity index (χ1) is 14.3. The fraction of sp³-hybridized carbons (Fsp3) is 0.261. The lowest BCUT2D eigenvalue weighted by Crippen LogP contribution is -2.36. The molecule has 3 aromatic carbocycles. The molecule has 0 amide bonds. The maximum atomic E-state index is 15.6. The van der Waals surface area contributed by atoms with Gasteiger partial charge in [-0.2, -0.15) is 4.80 Å². The number of nitrogens with zero attached hydrogens (tertiary/aromatic N) is 4. The van der Waals surface area contributed by atoms with Gasteiger partial charge in [0.25, 0.3) is 0 Å². The summed E-state index contributed by atoms with van der Waals surface area (Å²) < 4.78 is 15.6. The average molecular weight is 387 g/mol. The summed E-state index contributed by atoms with van der Waals surface area (Å²) in [6.07, 6.45) is 2.04. The quantitative estimate of drug-likeness (QED) is 0.570. The van der Waals surface area contributed by atoms with E-state index in [-0.39, 0.29) is 17.8 Å². The van der Waals surface area contributed by atoms with Crippen molar-refractivity contribution in [3.63, 3.8) is 0 Å². The molecular weight excluding hydrogens is 365 g/mol. The van der Waals surface area contributed by atoms with E-state index in [2.05, 4.69) is 20.7 Å². The van der Waals surface area contributed by atoms with Crippen LogP contribution in [0.15, 0.2) is 66.7 Å². The molecular formula is C23H22FN5. The summed E-state index contributed by atoms with van der Waals surface area (Å²) in [7, 11) is 0. The third-order valence-corrected chi connectivity index (χ3v) is 5.70. The average Bonchev–Trinajstić information content (AvgIpc) is 3.27. The molecule has 1 aliphatic heterocycles. The monoisotopic (exact) mass is 387 g/mol. The highest BCUT2D eigenvalue weighted by Crippen LogP contribution is 2.34. The van der Waals surface area contributed by atoms with Crippen molar-refractivity contribution in [2.45, 2.75) is 18.9 Å². The number of hydrogen-bond donors (Lipinski definition) is 1. The summed E-state index contributed by atoms with van der Waals surface area (Å²) in [5, 5.41) is 18.2. The van der Waals surface area contributed by atoms with Crippen molar-refractivity contribution < 1.29 is 4.39 Å². The predicted molar refractivity (Wildman–Crippen MR) is 111 cm³/mol. The summed E-state index contributed by atoms with van der Waals surface area (Å²) in [6, 6.07) is 20.9. The van der Waals surface area contributed by atoms with E-state index < -0.39 is 0 Å². The Kier molecular flexibility index (Phi) is 4.77. The zero-order valence-corrected chi connectivity index (χ0v) is 16.0. The van der Waals surface area contributed by atoms with E-state index in [0.717, 1.165) is 36.9 Å². The number of piperidine rings is 1. The highest BCUT2D eigenvalue weighted by Gasteiger charge is 2.31. The van der Waals surface area contributed by atoms with Gasteiger partial charge in [-0.1, -0.05) is 66.7 Å². The van der Waals surface area contributed by atoms with Crippen LogP contribution in [-0.4, -0.2) is 33.3 Å². The van der Waals surface area contributed by atoms with E-state index in [9.17, 15) is 0 Å². The molecule has 5 rings (SSSR count). The minimum absolute atomic E-state index is 0.192. The van der Waals surface area contributed by atoms with Crippen molar-refractivity contribution in [2.24, 2.45) is 5.92 Å². The topological polar surface area (TPSA) is 55.6 Å². The van der Waals surface area contributed by atoms with Gasteiger partial charge < -0.3 is 5.32 Å².